The van der Waals surface area contributed by atoms with E-state index in [0.717, 1.165) is 5.69 Å². The lowest BCUT2D eigenvalue weighted by atomic mass is 10.2. The molecule has 6 heteroatoms. The van der Waals surface area contributed by atoms with Crippen LogP contribution in [0.1, 0.15) is 0 Å². The molecule has 0 aromatic carbocycles. The normalized spacial score (nSPS) is 9.88. The summed E-state index contributed by atoms with van der Waals surface area (Å²) in [4.78, 5) is 14.5. The number of anilines is 1. The van der Waals surface area contributed by atoms with Crippen LogP contribution >= 0.6 is 0 Å². The van der Waals surface area contributed by atoms with Crippen molar-refractivity contribution in [3.63, 3.8) is 0 Å². The molecule has 0 bridgehead atoms. The first kappa shape index (κ1) is 11.0. The summed E-state index contributed by atoms with van der Waals surface area (Å²) in [5, 5.41) is 18.9. The van der Waals surface area contributed by atoms with Gasteiger partial charge in [-0.25, -0.2) is 0 Å². The summed E-state index contributed by atoms with van der Waals surface area (Å²) in [5.74, 6) is -0.521. The molecule has 0 spiro atoms. The van der Waals surface area contributed by atoms with Crippen molar-refractivity contribution < 1.29 is 9.90 Å². The van der Waals surface area contributed by atoms with Crippen LogP contribution in [0, 0.1) is 0 Å². The molecule has 0 unspecified atom stereocenters. The molecule has 0 saturated carbocycles. The molecule has 0 aliphatic heterocycles. The summed E-state index contributed by atoms with van der Waals surface area (Å²) in [5.41, 5.74) is 1.37. The van der Waals surface area contributed by atoms with E-state index in [2.05, 4.69) is 20.5 Å². The molecule has 0 saturated heterocycles. The van der Waals surface area contributed by atoms with Gasteiger partial charge in [0.2, 0.25) is 0 Å². The Balaban J connectivity index is 2.11. The van der Waals surface area contributed by atoms with Crippen LogP contribution < -0.4 is 5.32 Å². The van der Waals surface area contributed by atoms with Crippen molar-refractivity contribution in [1.29, 1.82) is 0 Å². The molecule has 2 rings (SSSR count). The third-order valence-electron chi connectivity index (χ3n) is 2.01. The van der Waals surface area contributed by atoms with E-state index in [1.165, 1.54) is 0 Å². The zero-order chi connectivity index (χ0) is 12.1. The average Bonchev–Trinajstić information content (AvgIpc) is 2.38. The Morgan fingerprint density at radius 1 is 1.18 bits per heavy atom. The maximum Gasteiger partial charge on any atom is 0.322 e. The molecule has 0 radical (unpaired) electrons. The van der Waals surface area contributed by atoms with E-state index in [1.54, 1.807) is 18.3 Å². The molecular weight excluding hydrogens is 220 g/mol. The molecule has 0 amide bonds. The maximum absolute atomic E-state index is 10.3. The molecule has 2 heterocycles. The Morgan fingerprint density at radius 2 is 2.06 bits per heavy atom. The molecule has 2 N–H and O–H groups in total. The largest absolute Gasteiger partial charge is 0.480 e. The van der Waals surface area contributed by atoms with E-state index in [4.69, 9.17) is 5.11 Å². The Bertz CT molecular complexity index is 499. The Hall–Kier alpha value is -2.50. The van der Waals surface area contributed by atoms with Crippen LogP contribution in [-0.4, -0.2) is 32.8 Å². The predicted molar refractivity (Wildman–Crippen MR) is 61.4 cm³/mol. The fraction of sp³-hybridized carbons (Fsp3) is 0.0909. The second kappa shape index (κ2) is 5.02. The van der Waals surface area contributed by atoms with Crippen LogP contribution in [0.25, 0.3) is 11.4 Å². The highest BCUT2D eigenvalue weighted by Gasteiger charge is 2.02. The fourth-order valence-electron chi connectivity index (χ4n) is 1.24. The number of nitrogens with zero attached hydrogens (tertiary/aromatic N) is 3. The van der Waals surface area contributed by atoms with Gasteiger partial charge in [0.05, 0.1) is 5.69 Å². The van der Waals surface area contributed by atoms with Gasteiger partial charge in [0, 0.05) is 6.20 Å². The van der Waals surface area contributed by atoms with Crippen LogP contribution in [0.2, 0.25) is 0 Å². The van der Waals surface area contributed by atoms with Gasteiger partial charge in [0.15, 0.2) is 0 Å². The van der Waals surface area contributed by atoms with Gasteiger partial charge in [-0.15, -0.1) is 10.2 Å². The van der Waals surface area contributed by atoms with Gasteiger partial charge in [-0.2, -0.15) is 0 Å². The van der Waals surface area contributed by atoms with Crippen molar-refractivity contribution in [1.82, 2.24) is 15.2 Å². The molecule has 17 heavy (non-hydrogen) atoms. The number of carbonyl (C=O) groups is 1. The molecular formula is C11H10N4O2. The summed E-state index contributed by atoms with van der Waals surface area (Å²) < 4.78 is 0. The fourth-order valence-corrected chi connectivity index (χ4v) is 1.24. The zero-order valence-electron chi connectivity index (χ0n) is 8.87. The van der Waals surface area contributed by atoms with E-state index >= 15 is 0 Å². The van der Waals surface area contributed by atoms with Gasteiger partial charge in [-0.05, 0) is 24.3 Å². The highest BCUT2D eigenvalue weighted by atomic mass is 16.4. The monoisotopic (exact) mass is 230 g/mol. The smallest absolute Gasteiger partial charge is 0.322 e. The zero-order valence-corrected chi connectivity index (χ0v) is 8.87. The number of rotatable bonds is 4. The van der Waals surface area contributed by atoms with Crippen molar-refractivity contribution in [2.75, 3.05) is 11.9 Å². The number of carboxylic acids is 1. The average molecular weight is 230 g/mol. The molecule has 86 valence electrons. The highest BCUT2D eigenvalue weighted by Crippen LogP contribution is 2.13. The van der Waals surface area contributed by atoms with Gasteiger partial charge in [-0.3, -0.25) is 9.78 Å². The van der Waals surface area contributed by atoms with Gasteiger partial charge in [0.25, 0.3) is 0 Å². The van der Waals surface area contributed by atoms with Gasteiger partial charge in [-0.1, -0.05) is 6.07 Å². The van der Waals surface area contributed by atoms with Gasteiger partial charge >= 0.3 is 5.97 Å². The van der Waals surface area contributed by atoms with Crippen LogP contribution in [-0.2, 0) is 4.79 Å². The third-order valence-corrected chi connectivity index (χ3v) is 2.01. The van der Waals surface area contributed by atoms with Crippen LogP contribution in [0.5, 0.6) is 0 Å². The van der Waals surface area contributed by atoms with E-state index in [9.17, 15) is 4.79 Å². The van der Waals surface area contributed by atoms with Crippen molar-refractivity contribution >= 4 is 11.8 Å². The van der Waals surface area contributed by atoms with E-state index in [1.807, 2.05) is 18.2 Å². The van der Waals surface area contributed by atoms with E-state index < -0.39 is 5.97 Å². The minimum atomic E-state index is -0.944. The standard InChI is InChI=1S/C11H10N4O2/c16-11(17)7-13-10-5-4-9(14-15-10)8-3-1-2-6-12-8/h1-6H,7H2,(H,13,15)(H,16,17). The molecule has 0 fully saturated rings. The lowest BCUT2D eigenvalue weighted by Crippen LogP contribution is -2.13. The second-order valence-corrected chi connectivity index (χ2v) is 3.27. The Kier molecular flexibility index (Phi) is 3.25. The summed E-state index contributed by atoms with van der Waals surface area (Å²) in [7, 11) is 0. The number of carboxylic acid groups (broad SMARTS) is 1. The second-order valence-electron chi connectivity index (χ2n) is 3.27. The number of hydrogen-bond donors (Lipinski definition) is 2. The molecule has 2 aromatic heterocycles. The topological polar surface area (TPSA) is 88.0 Å². The van der Waals surface area contributed by atoms with Crippen molar-refractivity contribution in [2.45, 2.75) is 0 Å². The SMILES string of the molecule is O=C(O)CNc1ccc(-c2ccccn2)nn1. The number of pyridine rings is 1. The summed E-state index contributed by atoms with van der Waals surface area (Å²) in [6.07, 6.45) is 1.67. The number of nitrogens with one attached hydrogen (secondary N) is 1. The van der Waals surface area contributed by atoms with E-state index in [-0.39, 0.29) is 6.54 Å². The van der Waals surface area contributed by atoms with Gasteiger partial charge in [0.1, 0.15) is 18.1 Å². The number of aromatic nitrogens is 3. The molecule has 6 nitrogen and oxygen atoms in total. The first-order valence-corrected chi connectivity index (χ1v) is 4.96. The molecule has 0 aliphatic rings. The first-order chi connectivity index (χ1) is 8.25. The Morgan fingerprint density at radius 3 is 2.65 bits per heavy atom. The molecule has 0 aliphatic carbocycles. The lowest BCUT2D eigenvalue weighted by molar-refractivity contribution is -0.134. The Labute approximate surface area is 97.4 Å². The van der Waals surface area contributed by atoms with Crippen molar-refractivity contribution in [3.8, 4) is 11.4 Å². The minimum Gasteiger partial charge on any atom is -0.480 e. The number of aliphatic carboxylic acids is 1. The van der Waals surface area contributed by atoms with E-state index in [0.29, 0.717) is 11.5 Å². The van der Waals surface area contributed by atoms with Crippen molar-refractivity contribution in [2.24, 2.45) is 0 Å². The summed E-state index contributed by atoms with van der Waals surface area (Å²) >= 11 is 0. The molecule has 0 atom stereocenters. The van der Waals surface area contributed by atoms with Crippen LogP contribution in [0.3, 0.4) is 0 Å². The van der Waals surface area contributed by atoms with Crippen molar-refractivity contribution in [3.05, 3.63) is 36.5 Å². The summed E-state index contributed by atoms with van der Waals surface area (Å²) in [6.45, 7) is -0.183. The quantitative estimate of drug-likeness (QED) is 0.815. The minimum absolute atomic E-state index is 0.183. The van der Waals surface area contributed by atoms with Gasteiger partial charge < -0.3 is 10.4 Å². The lowest BCUT2D eigenvalue weighted by Gasteiger charge is -2.02. The molecule has 2 aromatic rings. The van der Waals surface area contributed by atoms with Crippen LogP contribution in [0.4, 0.5) is 5.82 Å². The van der Waals surface area contributed by atoms with Crippen LogP contribution in [0.15, 0.2) is 36.5 Å². The first-order valence-electron chi connectivity index (χ1n) is 4.96. The highest BCUT2D eigenvalue weighted by molar-refractivity contribution is 5.72. The number of hydrogen-bond acceptors (Lipinski definition) is 5. The third kappa shape index (κ3) is 2.97. The predicted octanol–water partition coefficient (Wildman–Crippen LogP) is 1.04. The summed E-state index contributed by atoms with van der Waals surface area (Å²) in [6, 6.07) is 8.91. The maximum atomic E-state index is 10.3.